The molecule has 3 rings (SSSR count). The normalized spacial score (nSPS) is 13.6. The number of aromatic carboxylic acids is 1. The van der Waals surface area contributed by atoms with Gasteiger partial charge < -0.3 is 10.4 Å². The molecule has 0 unspecified atom stereocenters. The maximum Gasteiger partial charge on any atom is 0.335 e. The molecular formula is C15H19ClN4O4S. The van der Waals surface area contributed by atoms with E-state index in [1.54, 1.807) is 17.8 Å². The molecule has 2 aromatic rings. The second-order valence-electron chi connectivity index (χ2n) is 5.69. The van der Waals surface area contributed by atoms with E-state index >= 15 is 0 Å². The molecule has 3 N–H and O–H groups in total. The summed E-state index contributed by atoms with van der Waals surface area (Å²) < 4.78 is 29.0. The number of carboxylic acids is 1. The van der Waals surface area contributed by atoms with Gasteiger partial charge in [-0.3, -0.25) is 9.40 Å². The van der Waals surface area contributed by atoms with Crippen molar-refractivity contribution in [3.63, 3.8) is 0 Å². The Morgan fingerprint density at radius 3 is 2.92 bits per heavy atom. The molecule has 0 spiro atoms. The van der Waals surface area contributed by atoms with Gasteiger partial charge in [-0.1, -0.05) is 12.1 Å². The molecule has 0 saturated heterocycles. The van der Waals surface area contributed by atoms with Gasteiger partial charge in [-0.05, 0) is 17.7 Å². The van der Waals surface area contributed by atoms with Crippen LogP contribution in [-0.2, 0) is 35.8 Å². The van der Waals surface area contributed by atoms with E-state index in [4.69, 9.17) is 5.11 Å². The lowest BCUT2D eigenvalue weighted by molar-refractivity contribution is 0.0696. The van der Waals surface area contributed by atoms with Crippen LogP contribution in [0.4, 0.5) is 5.82 Å². The number of fused-ring (bicyclic) bond motifs is 1. The molecule has 0 amide bonds. The summed E-state index contributed by atoms with van der Waals surface area (Å²) in [5.41, 5.74) is 2.33. The number of aromatic nitrogens is 2. The number of nitrogens with one attached hydrogen (secondary N) is 2. The van der Waals surface area contributed by atoms with E-state index in [0.717, 1.165) is 24.2 Å². The molecule has 8 nitrogen and oxygen atoms in total. The van der Waals surface area contributed by atoms with Crippen LogP contribution < -0.4 is 10.0 Å². The van der Waals surface area contributed by atoms with Gasteiger partial charge >= 0.3 is 5.97 Å². The number of rotatable bonds is 5. The van der Waals surface area contributed by atoms with Gasteiger partial charge in [-0.15, -0.1) is 12.4 Å². The summed E-state index contributed by atoms with van der Waals surface area (Å²) in [4.78, 5) is 11.0. The van der Waals surface area contributed by atoms with Crippen molar-refractivity contribution in [2.24, 2.45) is 7.05 Å². The zero-order chi connectivity index (χ0) is 17.3. The standard InChI is InChI=1S/C15H18N4O4S.ClH/c1-19-13-5-6-16-8-12(13)14(17-19)18-24(22,23)9-10-3-2-4-11(7-10)15(20)21;/h2-4,7,16H,5-6,8-9H2,1H3,(H,17,18)(H,20,21);1H. The van der Waals surface area contributed by atoms with Crippen molar-refractivity contribution in [3.05, 3.63) is 46.6 Å². The molecule has 1 aliphatic rings. The van der Waals surface area contributed by atoms with Gasteiger partial charge in [0.25, 0.3) is 0 Å². The Bertz CT molecular complexity index is 895. The van der Waals surface area contributed by atoms with Crippen LogP contribution in [0.3, 0.4) is 0 Å². The summed E-state index contributed by atoms with van der Waals surface area (Å²) in [6.45, 7) is 1.40. The lowest BCUT2D eigenvalue weighted by Crippen LogP contribution is -2.25. The third kappa shape index (κ3) is 4.30. The Labute approximate surface area is 151 Å². The number of hydrogen-bond acceptors (Lipinski definition) is 5. The third-order valence-electron chi connectivity index (χ3n) is 3.90. The van der Waals surface area contributed by atoms with E-state index in [1.165, 1.54) is 18.2 Å². The van der Waals surface area contributed by atoms with Crippen molar-refractivity contribution in [1.82, 2.24) is 15.1 Å². The molecule has 0 atom stereocenters. The van der Waals surface area contributed by atoms with E-state index in [-0.39, 0.29) is 23.7 Å². The molecule has 0 radical (unpaired) electrons. The first-order valence-corrected chi connectivity index (χ1v) is 9.09. The monoisotopic (exact) mass is 386 g/mol. The van der Waals surface area contributed by atoms with E-state index in [1.807, 2.05) is 0 Å². The molecule has 136 valence electrons. The topological polar surface area (TPSA) is 113 Å². The lowest BCUT2D eigenvalue weighted by atomic mass is 10.1. The van der Waals surface area contributed by atoms with Crippen LogP contribution in [0, 0.1) is 0 Å². The summed E-state index contributed by atoms with van der Waals surface area (Å²) in [6, 6.07) is 5.89. The highest BCUT2D eigenvalue weighted by Gasteiger charge is 2.23. The number of aryl methyl sites for hydroxylation is 1. The van der Waals surface area contributed by atoms with Crippen molar-refractivity contribution in [1.29, 1.82) is 0 Å². The number of nitrogens with zero attached hydrogens (tertiary/aromatic N) is 2. The fraction of sp³-hybridized carbons (Fsp3) is 0.333. The van der Waals surface area contributed by atoms with Crippen LogP contribution in [0.25, 0.3) is 0 Å². The Balaban J connectivity index is 0.00000225. The fourth-order valence-electron chi connectivity index (χ4n) is 2.80. The summed E-state index contributed by atoms with van der Waals surface area (Å²) in [6.07, 6.45) is 0.793. The van der Waals surface area contributed by atoms with Gasteiger partial charge in [-0.25, -0.2) is 13.2 Å². The van der Waals surface area contributed by atoms with Crippen molar-refractivity contribution >= 4 is 34.2 Å². The second kappa shape index (κ2) is 7.42. The summed E-state index contributed by atoms with van der Waals surface area (Å²) in [7, 11) is -1.91. The minimum Gasteiger partial charge on any atom is -0.478 e. The van der Waals surface area contributed by atoms with Crippen LogP contribution in [-0.4, -0.2) is 35.8 Å². The van der Waals surface area contributed by atoms with E-state index in [0.29, 0.717) is 17.9 Å². The molecule has 10 heteroatoms. The first kappa shape index (κ1) is 19.2. The number of anilines is 1. The molecule has 0 bridgehead atoms. The van der Waals surface area contributed by atoms with Crippen LogP contribution in [0.2, 0.25) is 0 Å². The average Bonchev–Trinajstić information content (AvgIpc) is 2.83. The first-order valence-electron chi connectivity index (χ1n) is 7.44. The summed E-state index contributed by atoms with van der Waals surface area (Å²) in [5, 5.41) is 16.4. The highest BCUT2D eigenvalue weighted by atomic mass is 35.5. The molecule has 1 aromatic heterocycles. The molecular weight excluding hydrogens is 368 g/mol. The maximum absolute atomic E-state index is 12.4. The molecule has 25 heavy (non-hydrogen) atoms. The number of sulfonamides is 1. The average molecular weight is 387 g/mol. The van der Waals surface area contributed by atoms with Crippen molar-refractivity contribution in [2.45, 2.75) is 18.7 Å². The molecule has 2 heterocycles. The second-order valence-corrected chi connectivity index (χ2v) is 7.41. The highest BCUT2D eigenvalue weighted by molar-refractivity contribution is 7.91. The smallest absolute Gasteiger partial charge is 0.335 e. The molecule has 0 saturated carbocycles. The Morgan fingerprint density at radius 2 is 2.20 bits per heavy atom. The fourth-order valence-corrected chi connectivity index (χ4v) is 3.95. The Morgan fingerprint density at radius 1 is 1.44 bits per heavy atom. The minimum atomic E-state index is -3.70. The number of benzene rings is 1. The van der Waals surface area contributed by atoms with Gasteiger partial charge in [0.15, 0.2) is 5.82 Å². The van der Waals surface area contributed by atoms with Crippen molar-refractivity contribution in [2.75, 3.05) is 11.3 Å². The molecule has 0 aliphatic carbocycles. The zero-order valence-electron chi connectivity index (χ0n) is 13.5. The van der Waals surface area contributed by atoms with Gasteiger partial charge in [0.05, 0.1) is 11.3 Å². The quantitative estimate of drug-likeness (QED) is 0.709. The number of carbonyl (C=O) groups is 1. The van der Waals surface area contributed by atoms with E-state index in [9.17, 15) is 13.2 Å². The van der Waals surface area contributed by atoms with Gasteiger partial charge in [0, 0.05) is 37.8 Å². The van der Waals surface area contributed by atoms with E-state index in [2.05, 4.69) is 15.1 Å². The van der Waals surface area contributed by atoms with Gasteiger partial charge in [0.1, 0.15) is 0 Å². The predicted molar refractivity (Wildman–Crippen MR) is 95.5 cm³/mol. The molecule has 1 aromatic carbocycles. The van der Waals surface area contributed by atoms with Gasteiger partial charge in [0.2, 0.25) is 10.0 Å². The molecule has 0 fully saturated rings. The SMILES string of the molecule is Cl.Cn1nc(NS(=O)(=O)Cc2cccc(C(=O)O)c2)c2c1CCNC2. The van der Waals surface area contributed by atoms with Crippen molar-refractivity contribution < 1.29 is 18.3 Å². The van der Waals surface area contributed by atoms with Crippen LogP contribution in [0.15, 0.2) is 24.3 Å². The number of carboxylic acid groups (broad SMARTS) is 1. The maximum atomic E-state index is 12.4. The van der Waals surface area contributed by atoms with Crippen LogP contribution in [0.5, 0.6) is 0 Å². The first-order chi connectivity index (χ1) is 11.4. The number of halogens is 1. The molecule has 1 aliphatic heterocycles. The van der Waals surface area contributed by atoms with Crippen LogP contribution in [0.1, 0.15) is 27.2 Å². The Hall–Kier alpha value is -2.10. The third-order valence-corrected chi connectivity index (χ3v) is 5.12. The van der Waals surface area contributed by atoms with E-state index < -0.39 is 16.0 Å². The number of hydrogen-bond donors (Lipinski definition) is 3. The zero-order valence-corrected chi connectivity index (χ0v) is 15.2. The summed E-state index contributed by atoms with van der Waals surface area (Å²) in [5.74, 6) is -1.08. The van der Waals surface area contributed by atoms with Crippen molar-refractivity contribution in [3.8, 4) is 0 Å². The predicted octanol–water partition coefficient (Wildman–Crippen LogP) is 1.13. The minimum absolute atomic E-state index is 0. The van der Waals surface area contributed by atoms with Crippen LogP contribution >= 0.6 is 12.4 Å². The van der Waals surface area contributed by atoms with Gasteiger partial charge in [-0.2, -0.15) is 5.10 Å². The lowest BCUT2D eigenvalue weighted by Gasteiger charge is -2.14. The summed E-state index contributed by atoms with van der Waals surface area (Å²) >= 11 is 0. The Kier molecular flexibility index (Phi) is 5.71. The largest absolute Gasteiger partial charge is 0.478 e. The highest BCUT2D eigenvalue weighted by Crippen LogP contribution is 2.23.